The minimum absolute atomic E-state index is 0.101. The van der Waals surface area contributed by atoms with Crippen LogP contribution in [-0.4, -0.2) is 34.1 Å². The van der Waals surface area contributed by atoms with Crippen LogP contribution >= 0.6 is 0 Å². The van der Waals surface area contributed by atoms with E-state index >= 15 is 0 Å². The van der Waals surface area contributed by atoms with E-state index in [0.29, 0.717) is 11.5 Å². The van der Waals surface area contributed by atoms with Crippen LogP contribution in [0.25, 0.3) is 11.4 Å². The van der Waals surface area contributed by atoms with Gasteiger partial charge in [0.2, 0.25) is 5.82 Å². The second kappa shape index (κ2) is 8.73. The number of aromatic nitrogens is 2. The summed E-state index contributed by atoms with van der Waals surface area (Å²) in [6.07, 6.45) is 3.11. The minimum Gasteiger partial charge on any atom is -0.452 e. The number of anilines is 1. The highest BCUT2D eigenvalue weighted by molar-refractivity contribution is 5.91. The number of carbonyl (C=O) groups excluding carboxylic acids is 1. The van der Waals surface area contributed by atoms with Gasteiger partial charge in [-0.05, 0) is 31.4 Å². The normalized spacial score (nSPS) is 13.8. The molecule has 4 rings (SSSR count). The lowest BCUT2D eigenvalue weighted by Gasteiger charge is -2.28. The zero-order chi connectivity index (χ0) is 20.9. The molecule has 1 fully saturated rings. The maximum Gasteiger partial charge on any atom is 0.338 e. The first kappa shape index (κ1) is 19.6. The molecular weight excluding hydrogens is 388 g/mol. The molecule has 30 heavy (non-hydrogen) atoms. The van der Waals surface area contributed by atoms with Crippen LogP contribution in [0.1, 0.15) is 35.5 Å². The Kier molecular flexibility index (Phi) is 5.69. The Morgan fingerprint density at radius 3 is 2.63 bits per heavy atom. The Bertz CT molecular complexity index is 1040. The summed E-state index contributed by atoms with van der Waals surface area (Å²) in [7, 11) is 0. The molecule has 0 spiro atoms. The summed E-state index contributed by atoms with van der Waals surface area (Å²) in [5.41, 5.74) is 1.31. The van der Waals surface area contributed by atoms with Crippen molar-refractivity contribution in [3.05, 3.63) is 70.1 Å². The van der Waals surface area contributed by atoms with Crippen molar-refractivity contribution in [1.29, 1.82) is 0 Å². The lowest BCUT2D eigenvalue weighted by molar-refractivity contribution is -0.384. The smallest absolute Gasteiger partial charge is 0.338 e. The van der Waals surface area contributed by atoms with Crippen molar-refractivity contribution >= 4 is 17.3 Å². The van der Waals surface area contributed by atoms with Crippen LogP contribution in [0.5, 0.6) is 0 Å². The van der Waals surface area contributed by atoms with Gasteiger partial charge in [0.05, 0.1) is 10.5 Å². The van der Waals surface area contributed by atoms with Gasteiger partial charge in [0.15, 0.2) is 6.61 Å². The molecule has 3 aromatic rings. The van der Waals surface area contributed by atoms with E-state index in [1.54, 1.807) is 12.1 Å². The Hall–Kier alpha value is -3.75. The molecule has 0 amide bonds. The lowest BCUT2D eigenvalue weighted by Crippen LogP contribution is -2.30. The van der Waals surface area contributed by atoms with Gasteiger partial charge in [-0.25, -0.2) is 4.79 Å². The second-order valence-electron chi connectivity index (χ2n) is 6.96. The first-order valence-corrected chi connectivity index (χ1v) is 9.70. The summed E-state index contributed by atoms with van der Waals surface area (Å²) < 4.78 is 10.3. The summed E-state index contributed by atoms with van der Waals surface area (Å²) >= 11 is 0. The molecule has 9 heteroatoms. The number of hydrogen-bond donors (Lipinski definition) is 0. The summed E-state index contributed by atoms with van der Waals surface area (Å²) in [6, 6.07) is 13.7. The van der Waals surface area contributed by atoms with Crippen LogP contribution in [0.3, 0.4) is 0 Å². The number of nitro benzene ring substituents is 1. The summed E-state index contributed by atoms with van der Waals surface area (Å²) in [5, 5.41) is 15.4. The van der Waals surface area contributed by atoms with Crippen molar-refractivity contribution in [2.45, 2.75) is 25.9 Å². The molecule has 2 aromatic carbocycles. The Morgan fingerprint density at radius 2 is 1.90 bits per heavy atom. The van der Waals surface area contributed by atoms with Gasteiger partial charge in [-0.15, -0.1) is 0 Å². The lowest BCUT2D eigenvalue weighted by atomic mass is 10.1. The van der Waals surface area contributed by atoms with Gasteiger partial charge in [0, 0.05) is 24.7 Å². The number of rotatable bonds is 6. The van der Waals surface area contributed by atoms with Crippen LogP contribution in [0, 0.1) is 10.1 Å². The number of nitro groups is 1. The summed E-state index contributed by atoms with van der Waals surface area (Å²) in [6.45, 7) is 1.32. The third kappa shape index (κ3) is 4.29. The first-order chi connectivity index (χ1) is 14.6. The summed E-state index contributed by atoms with van der Waals surface area (Å²) in [5.74, 6) is -0.160. The highest BCUT2D eigenvalue weighted by atomic mass is 16.6. The molecule has 1 aromatic heterocycles. The third-order valence-corrected chi connectivity index (χ3v) is 4.93. The number of piperidine rings is 1. The fourth-order valence-corrected chi connectivity index (χ4v) is 3.43. The summed E-state index contributed by atoms with van der Waals surface area (Å²) in [4.78, 5) is 29.7. The molecular formula is C21H20N4O5. The maximum atomic E-state index is 12.4. The first-order valence-electron chi connectivity index (χ1n) is 9.70. The predicted molar refractivity (Wildman–Crippen MR) is 108 cm³/mol. The number of benzene rings is 2. The number of hydrogen-bond acceptors (Lipinski definition) is 8. The van der Waals surface area contributed by atoms with Crippen LogP contribution < -0.4 is 4.90 Å². The highest BCUT2D eigenvalue weighted by Gasteiger charge is 2.24. The Balaban J connectivity index is 1.45. The number of nitrogens with zero attached hydrogens (tertiary/aromatic N) is 4. The van der Waals surface area contributed by atoms with Gasteiger partial charge < -0.3 is 14.2 Å². The zero-order valence-corrected chi connectivity index (χ0v) is 16.2. The van der Waals surface area contributed by atoms with Crippen molar-refractivity contribution in [3.8, 4) is 11.4 Å². The van der Waals surface area contributed by atoms with Gasteiger partial charge in [-0.3, -0.25) is 10.1 Å². The molecule has 0 N–H and O–H groups in total. The van der Waals surface area contributed by atoms with Gasteiger partial charge >= 0.3 is 5.97 Å². The van der Waals surface area contributed by atoms with Crippen LogP contribution in [-0.2, 0) is 11.3 Å². The van der Waals surface area contributed by atoms with E-state index in [0.717, 1.165) is 37.9 Å². The van der Waals surface area contributed by atoms with Gasteiger partial charge in [-0.2, -0.15) is 4.98 Å². The van der Waals surface area contributed by atoms with Crippen molar-refractivity contribution in [2.24, 2.45) is 0 Å². The molecule has 9 nitrogen and oxygen atoms in total. The van der Waals surface area contributed by atoms with Crippen LogP contribution in [0.4, 0.5) is 11.4 Å². The molecule has 1 aliphatic heterocycles. The number of esters is 1. The van der Waals surface area contributed by atoms with Crippen molar-refractivity contribution in [2.75, 3.05) is 18.0 Å². The number of carbonyl (C=O) groups is 1. The average Bonchev–Trinajstić information content (AvgIpc) is 3.27. The SMILES string of the molecule is O=C(OCc1nc(-c2ccccc2)no1)c1ccc(N2CCCCC2)c([N+](=O)[O-])c1. The van der Waals surface area contributed by atoms with E-state index in [1.165, 1.54) is 6.07 Å². The van der Waals surface area contributed by atoms with E-state index in [4.69, 9.17) is 9.26 Å². The Morgan fingerprint density at radius 1 is 1.13 bits per heavy atom. The molecule has 1 aliphatic rings. The molecule has 154 valence electrons. The fourth-order valence-electron chi connectivity index (χ4n) is 3.43. The van der Waals surface area contributed by atoms with Gasteiger partial charge in [0.1, 0.15) is 5.69 Å². The minimum atomic E-state index is -0.692. The quantitative estimate of drug-likeness (QED) is 0.342. The Labute approximate surface area is 172 Å². The molecule has 1 saturated heterocycles. The molecule has 0 atom stereocenters. The van der Waals surface area contributed by atoms with E-state index in [2.05, 4.69) is 10.1 Å². The third-order valence-electron chi connectivity index (χ3n) is 4.93. The van der Waals surface area contributed by atoms with Crippen molar-refractivity contribution in [3.63, 3.8) is 0 Å². The maximum absolute atomic E-state index is 12.4. The second-order valence-corrected chi connectivity index (χ2v) is 6.96. The largest absolute Gasteiger partial charge is 0.452 e. The van der Waals surface area contributed by atoms with E-state index in [1.807, 2.05) is 35.2 Å². The zero-order valence-electron chi connectivity index (χ0n) is 16.2. The molecule has 0 aliphatic carbocycles. The highest BCUT2D eigenvalue weighted by Crippen LogP contribution is 2.31. The fraction of sp³-hybridized carbons (Fsp3) is 0.286. The van der Waals surface area contributed by atoms with Gasteiger partial charge in [-0.1, -0.05) is 35.5 Å². The van der Waals surface area contributed by atoms with Crippen LogP contribution in [0.2, 0.25) is 0 Å². The van der Waals surface area contributed by atoms with E-state index in [-0.39, 0.29) is 23.7 Å². The van der Waals surface area contributed by atoms with Gasteiger partial charge in [0.25, 0.3) is 11.6 Å². The monoisotopic (exact) mass is 408 g/mol. The number of ether oxygens (including phenoxy) is 1. The topological polar surface area (TPSA) is 112 Å². The average molecular weight is 408 g/mol. The van der Waals surface area contributed by atoms with E-state index in [9.17, 15) is 14.9 Å². The molecule has 0 bridgehead atoms. The standard InChI is InChI=1S/C21H20N4O5/c26-21(29-14-19-22-20(23-30-19)15-7-3-1-4-8-15)16-9-10-17(18(13-16)25(27)28)24-11-5-2-6-12-24/h1,3-4,7-10,13H,2,5-6,11-12,14H2. The van der Waals surface area contributed by atoms with Crippen LogP contribution in [0.15, 0.2) is 53.1 Å². The van der Waals surface area contributed by atoms with Crippen molar-refractivity contribution < 1.29 is 19.0 Å². The molecule has 0 unspecified atom stereocenters. The molecule has 2 heterocycles. The predicted octanol–water partition coefficient (Wildman–Crippen LogP) is 3.99. The van der Waals surface area contributed by atoms with E-state index < -0.39 is 10.9 Å². The van der Waals surface area contributed by atoms with Crippen molar-refractivity contribution in [1.82, 2.24) is 10.1 Å². The molecule has 0 radical (unpaired) electrons. The molecule has 0 saturated carbocycles.